The highest BCUT2D eigenvalue weighted by molar-refractivity contribution is 5.96. The van der Waals surface area contributed by atoms with E-state index >= 15 is 0 Å². The van der Waals surface area contributed by atoms with Crippen LogP contribution < -0.4 is 18.9 Å². The summed E-state index contributed by atoms with van der Waals surface area (Å²) in [7, 11) is 8.02. The van der Waals surface area contributed by atoms with Crippen LogP contribution in [-0.4, -0.2) is 51.3 Å². The van der Waals surface area contributed by atoms with E-state index in [9.17, 15) is 4.79 Å². The molecule has 7 heteroatoms. The van der Waals surface area contributed by atoms with Gasteiger partial charge in [0.2, 0.25) is 5.75 Å². The molecule has 1 aromatic heterocycles. The Labute approximate surface area is 198 Å². The molecule has 176 valence electrons. The van der Waals surface area contributed by atoms with Gasteiger partial charge in [0.15, 0.2) is 11.5 Å². The maximum Gasteiger partial charge on any atom is 0.254 e. The number of para-hydroxylation sites is 1. The van der Waals surface area contributed by atoms with Crippen molar-refractivity contribution in [3.8, 4) is 23.0 Å². The van der Waals surface area contributed by atoms with Crippen LogP contribution in [0, 0.1) is 0 Å². The second-order valence-corrected chi connectivity index (χ2v) is 7.80. The fourth-order valence-corrected chi connectivity index (χ4v) is 4.24. The number of ether oxygens (including phenoxy) is 4. The van der Waals surface area contributed by atoms with Gasteiger partial charge in [0.25, 0.3) is 5.91 Å². The molecule has 4 aromatic rings. The van der Waals surface area contributed by atoms with Crippen molar-refractivity contribution in [2.24, 2.45) is 0 Å². The highest BCUT2D eigenvalue weighted by Crippen LogP contribution is 2.40. The molecule has 3 aromatic carbocycles. The van der Waals surface area contributed by atoms with Crippen LogP contribution in [-0.2, 0) is 0 Å². The number of hydrogen-bond donors (Lipinski definition) is 1. The predicted molar refractivity (Wildman–Crippen MR) is 131 cm³/mol. The molecule has 0 bridgehead atoms. The van der Waals surface area contributed by atoms with E-state index < -0.39 is 0 Å². The lowest BCUT2D eigenvalue weighted by Gasteiger charge is -2.29. The minimum atomic E-state index is -0.353. The number of carbonyl (C=O) groups is 1. The van der Waals surface area contributed by atoms with Crippen molar-refractivity contribution in [2.75, 3.05) is 35.5 Å². The fraction of sp³-hybridized carbons (Fsp3) is 0.222. The molecular weight excluding hydrogens is 432 g/mol. The van der Waals surface area contributed by atoms with Gasteiger partial charge in [0.1, 0.15) is 5.75 Å². The number of methoxy groups -OCH3 is 4. The van der Waals surface area contributed by atoms with Gasteiger partial charge in [-0.1, -0.05) is 30.3 Å². The average molecular weight is 461 g/mol. The van der Waals surface area contributed by atoms with Gasteiger partial charge in [-0.05, 0) is 35.9 Å². The number of nitrogens with zero attached hydrogens (tertiary/aromatic N) is 1. The summed E-state index contributed by atoms with van der Waals surface area (Å²) >= 11 is 0. The molecule has 0 aliphatic rings. The topological polar surface area (TPSA) is 73.0 Å². The van der Waals surface area contributed by atoms with Gasteiger partial charge in [-0.3, -0.25) is 4.79 Å². The first-order chi connectivity index (χ1) is 16.5. The maximum atomic E-state index is 13.8. The van der Waals surface area contributed by atoms with Crippen LogP contribution >= 0.6 is 0 Å². The maximum absolute atomic E-state index is 13.8. The van der Waals surface area contributed by atoms with Gasteiger partial charge in [-0.2, -0.15) is 0 Å². The molecule has 1 atom stereocenters. The highest BCUT2D eigenvalue weighted by atomic mass is 16.5. The Morgan fingerprint density at radius 1 is 0.853 bits per heavy atom. The summed E-state index contributed by atoms with van der Waals surface area (Å²) in [4.78, 5) is 18.8. The lowest BCUT2D eigenvalue weighted by Crippen LogP contribution is -2.32. The molecule has 1 heterocycles. The van der Waals surface area contributed by atoms with Crippen LogP contribution in [0.3, 0.4) is 0 Å². The summed E-state index contributed by atoms with van der Waals surface area (Å²) < 4.78 is 21.7. The second-order valence-electron chi connectivity index (χ2n) is 7.80. The first kappa shape index (κ1) is 23.0. The third-order valence-corrected chi connectivity index (χ3v) is 5.97. The molecule has 0 aliphatic carbocycles. The summed E-state index contributed by atoms with van der Waals surface area (Å²) in [6.07, 6.45) is 1.96. The molecular formula is C27H28N2O5. The van der Waals surface area contributed by atoms with E-state index in [1.165, 1.54) is 21.3 Å². The molecule has 1 unspecified atom stereocenters. The van der Waals surface area contributed by atoms with Crippen LogP contribution in [0.5, 0.6) is 23.0 Å². The normalized spacial score (nSPS) is 11.7. The van der Waals surface area contributed by atoms with Gasteiger partial charge >= 0.3 is 0 Å². The fourth-order valence-electron chi connectivity index (χ4n) is 4.24. The van der Waals surface area contributed by atoms with Gasteiger partial charge in [0, 0.05) is 35.3 Å². The van der Waals surface area contributed by atoms with Crippen molar-refractivity contribution in [1.29, 1.82) is 0 Å². The van der Waals surface area contributed by atoms with E-state index in [2.05, 4.69) is 11.1 Å². The van der Waals surface area contributed by atoms with E-state index in [0.717, 1.165) is 27.8 Å². The zero-order valence-corrected chi connectivity index (χ0v) is 19.9. The van der Waals surface area contributed by atoms with Gasteiger partial charge in [0.05, 0.1) is 34.5 Å². The number of H-pyrrole nitrogens is 1. The van der Waals surface area contributed by atoms with E-state index in [1.54, 1.807) is 31.2 Å². The van der Waals surface area contributed by atoms with E-state index in [4.69, 9.17) is 18.9 Å². The Hall–Kier alpha value is -4.13. The van der Waals surface area contributed by atoms with E-state index in [0.29, 0.717) is 22.8 Å². The average Bonchev–Trinajstić information content (AvgIpc) is 3.31. The number of carbonyl (C=O) groups excluding carboxylic acids is 1. The number of rotatable bonds is 8. The largest absolute Gasteiger partial charge is 0.497 e. The summed E-state index contributed by atoms with van der Waals surface area (Å²) in [5.41, 5.74) is 3.37. The summed E-state index contributed by atoms with van der Waals surface area (Å²) in [6, 6.07) is 18.8. The van der Waals surface area contributed by atoms with E-state index in [1.807, 2.05) is 48.7 Å². The highest BCUT2D eigenvalue weighted by Gasteiger charge is 2.28. The molecule has 0 spiro atoms. The molecule has 0 radical (unpaired) electrons. The number of nitrogens with one attached hydrogen (secondary N) is 1. The molecule has 0 aliphatic heterocycles. The molecule has 1 amide bonds. The SMILES string of the molecule is COc1ccc(C(c2c[nH]c3ccccc23)N(C)C(=O)c2cc(OC)c(OC)c(OC)c2)cc1. The van der Waals surface area contributed by atoms with Crippen molar-refractivity contribution >= 4 is 16.8 Å². The van der Waals surface area contributed by atoms with Crippen LogP contribution in [0.1, 0.15) is 27.5 Å². The molecule has 0 fully saturated rings. The lowest BCUT2D eigenvalue weighted by atomic mass is 9.96. The molecule has 1 N–H and O–H groups in total. The van der Waals surface area contributed by atoms with Crippen LogP contribution in [0.4, 0.5) is 0 Å². The first-order valence-corrected chi connectivity index (χ1v) is 10.8. The third-order valence-electron chi connectivity index (χ3n) is 5.97. The van der Waals surface area contributed by atoms with Crippen molar-refractivity contribution in [3.63, 3.8) is 0 Å². The van der Waals surface area contributed by atoms with Gasteiger partial charge < -0.3 is 28.8 Å². The van der Waals surface area contributed by atoms with Gasteiger partial charge in [-0.15, -0.1) is 0 Å². The summed E-state index contributed by atoms with van der Waals surface area (Å²) in [6.45, 7) is 0. The number of aromatic amines is 1. The van der Waals surface area contributed by atoms with Crippen molar-refractivity contribution < 1.29 is 23.7 Å². The quantitative estimate of drug-likeness (QED) is 0.398. The number of benzene rings is 3. The van der Waals surface area contributed by atoms with Crippen molar-refractivity contribution in [1.82, 2.24) is 9.88 Å². The standard InChI is InChI=1S/C27H28N2O5/c1-29(27(30)18-14-23(32-3)26(34-5)24(15-18)33-4)25(17-10-12-19(31-2)13-11-17)21-16-28-22-9-7-6-8-20(21)22/h6-16,25,28H,1-5H3. The summed E-state index contributed by atoms with van der Waals surface area (Å²) in [5, 5.41) is 1.05. The Morgan fingerprint density at radius 2 is 1.50 bits per heavy atom. The van der Waals surface area contributed by atoms with Crippen LogP contribution in [0.15, 0.2) is 66.9 Å². The minimum absolute atomic E-state index is 0.189. The van der Waals surface area contributed by atoms with Crippen molar-refractivity contribution in [3.05, 3.63) is 83.6 Å². The molecule has 34 heavy (non-hydrogen) atoms. The molecule has 0 saturated carbocycles. The monoisotopic (exact) mass is 460 g/mol. The first-order valence-electron chi connectivity index (χ1n) is 10.8. The number of fused-ring (bicyclic) bond motifs is 1. The van der Waals surface area contributed by atoms with Crippen molar-refractivity contribution in [2.45, 2.75) is 6.04 Å². The Bertz CT molecular complexity index is 1270. The zero-order valence-electron chi connectivity index (χ0n) is 19.9. The Morgan fingerprint density at radius 3 is 2.09 bits per heavy atom. The predicted octanol–water partition coefficient (Wildman–Crippen LogP) is 5.06. The Balaban J connectivity index is 1.82. The van der Waals surface area contributed by atoms with Crippen LogP contribution in [0.2, 0.25) is 0 Å². The minimum Gasteiger partial charge on any atom is -0.497 e. The summed E-state index contributed by atoms with van der Waals surface area (Å²) in [5.74, 6) is 1.84. The second kappa shape index (κ2) is 9.79. The molecule has 7 nitrogen and oxygen atoms in total. The third kappa shape index (κ3) is 4.12. The zero-order chi connectivity index (χ0) is 24.2. The number of aromatic nitrogens is 1. The van der Waals surface area contributed by atoms with E-state index in [-0.39, 0.29) is 11.9 Å². The molecule has 4 rings (SSSR count). The van der Waals surface area contributed by atoms with Crippen LogP contribution in [0.25, 0.3) is 10.9 Å². The van der Waals surface area contributed by atoms with Gasteiger partial charge in [-0.25, -0.2) is 0 Å². The number of hydrogen-bond acceptors (Lipinski definition) is 5. The molecule has 0 saturated heterocycles. The lowest BCUT2D eigenvalue weighted by molar-refractivity contribution is 0.0755. The smallest absolute Gasteiger partial charge is 0.254 e. The number of amides is 1. The Kier molecular flexibility index (Phi) is 6.63.